The largest absolute Gasteiger partial charge is 0.496 e. The Balaban J connectivity index is 1.53. The van der Waals surface area contributed by atoms with Crippen molar-refractivity contribution in [2.45, 2.75) is 46.8 Å². The smallest absolute Gasteiger partial charge is 0.348 e. The average Bonchev–Trinajstić information content (AvgIpc) is 3.37. The van der Waals surface area contributed by atoms with Gasteiger partial charge in [-0.2, -0.15) is 0 Å². The van der Waals surface area contributed by atoms with Gasteiger partial charge in [0, 0.05) is 38.9 Å². The molecule has 1 N–H and O–H groups in total. The highest BCUT2D eigenvalue weighted by atomic mass is 32.1. The maximum Gasteiger partial charge on any atom is 0.348 e. The van der Waals surface area contributed by atoms with Gasteiger partial charge in [-0.1, -0.05) is 36.4 Å². The van der Waals surface area contributed by atoms with Gasteiger partial charge in [0.1, 0.15) is 23.0 Å². The number of hydrogen-bond acceptors (Lipinski definition) is 7. The van der Waals surface area contributed by atoms with Crippen LogP contribution in [0, 0.1) is 13.8 Å². The van der Waals surface area contributed by atoms with E-state index >= 15 is 0 Å². The lowest BCUT2D eigenvalue weighted by Crippen LogP contribution is -2.32. The van der Waals surface area contributed by atoms with Crippen LogP contribution in [0.5, 0.6) is 11.5 Å². The summed E-state index contributed by atoms with van der Waals surface area (Å²) >= 11 is 7.02. The van der Waals surface area contributed by atoms with Gasteiger partial charge in [0.25, 0.3) is 0 Å². The molecule has 0 amide bonds. The minimum Gasteiger partial charge on any atom is -0.496 e. The van der Waals surface area contributed by atoms with E-state index in [2.05, 4.69) is 44.3 Å². The number of carbonyl (C=O) groups is 1. The first-order valence-electron chi connectivity index (χ1n) is 13.4. The van der Waals surface area contributed by atoms with Gasteiger partial charge >= 0.3 is 5.97 Å². The molecule has 0 saturated heterocycles. The average molecular weight is 584 g/mol. The Bertz CT molecular complexity index is 1680. The number of rotatable bonds is 7. The third-order valence-corrected chi connectivity index (χ3v) is 8.35. The van der Waals surface area contributed by atoms with E-state index in [0.29, 0.717) is 21.4 Å². The van der Waals surface area contributed by atoms with Crippen molar-refractivity contribution < 1.29 is 19.0 Å². The van der Waals surface area contributed by atoms with Gasteiger partial charge < -0.3 is 19.5 Å². The van der Waals surface area contributed by atoms with Gasteiger partial charge in [-0.05, 0) is 93.9 Å². The minimum atomic E-state index is -0.335. The molecule has 3 aromatic carbocycles. The zero-order valence-electron chi connectivity index (χ0n) is 24.1. The molecule has 0 radical (unpaired) electrons. The van der Waals surface area contributed by atoms with E-state index in [0.717, 1.165) is 49.5 Å². The van der Waals surface area contributed by atoms with Gasteiger partial charge in [-0.15, -0.1) is 11.3 Å². The number of nitrogens with one attached hydrogen (secondary N) is 1. The Hall–Kier alpha value is -3.94. The topological polar surface area (TPSA) is 56.8 Å². The highest BCUT2D eigenvalue weighted by Gasteiger charge is 2.27. The van der Waals surface area contributed by atoms with E-state index < -0.39 is 0 Å². The summed E-state index contributed by atoms with van der Waals surface area (Å²) < 4.78 is 17.8. The number of thiocarbonyl (C=S) groups is 1. The monoisotopic (exact) mass is 583 g/mol. The molecule has 0 bridgehead atoms. The van der Waals surface area contributed by atoms with Crippen LogP contribution in [-0.2, 0) is 11.3 Å². The Labute approximate surface area is 250 Å². The second-order valence-electron chi connectivity index (χ2n) is 10.7. The summed E-state index contributed by atoms with van der Waals surface area (Å²) in [5.74, 6) is 0.873. The lowest BCUT2D eigenvalue weighted by Gasteiger charge is -2.33. The Morgan fingerprint density at radius 2 is 1.73 bits per heavy atom. The highest BCUT2D eigenvalue weighted by Crippen LogP contribution is 2.43. The van der Waals surface area contributed by atoms with Crippen LogP contribution < -0.4 is 14.8 Å². The summed E-state index contributed by atoms with van der Waals surface area (Å²) in [5, 5.41) is 4.01. The third-order valence-electron chi connectivity index (χ3n) is 7.07. The normalized spacial score (nSPS) is 13.5. The minimum absolute atomic E-state index is 0.111. The van der Waals surface area contributed by atoms with Crippen LogP contribution in [-0.4, -0.2) is 23.7 Å². The van der Waals surface area contributed by atoms with Crippen LogP contribution in [0.1, 0.15) is 57.6 Å². The molecular formula is C34H33NO4S2. The molecule has 1 aliphatic heterocycles. The van der Waals surface area contributed by atoms with Crippen LogP contribution in [0.25, 0.3) is 16.7 Å². The first-order valence-corrected chi connectivity index (χ1v) is 14.6. The molecule has 1 aromatic heterocycles. The first kappa shape index (κ1) is 28.6. The zero-order chi connectivity index (χ0) is 29.3. The summed E-state index contributed by atoms with van der Waals surface area (Å²) in [6.45, 7) is 10.5. The van der Waals surface area contributed by atoms with Crippen molar-refractivity contribution >= 4 is 45.8 Å². The van der Waals surface area contributed by atoms with Gasteiger partial charge in [-0.3, -0.25) is 0 Å². The number of hydrogen-bond donors (Lipinski definition) is 1. The number of allylic oxidation sites excluding steroid dienone is 1. The molecule has 5 rings (SSSR count). The fourth-order valence-electron chi connectivity index (χ4n) is 5.28. The van der Waals surface area contributed by atoms with E-state index in [4.69, 9.17) is 26.4 Å². The van der Waals surface area contributed by atoms with Crippen molar-refractivity contribution in [3.05, 3.63) is 105 Å². The van der Waals surface area contributed by atoms with Gasteiger partial charge in [-0.25, -0.2) is 4.79 Å². The number of fused-ring (bicyclic) bond motifs is 1. The Morgan fingerprint density at radius 1 is 0.976 bits per heavy atom. The summed E-state index contributed by atoms with van der Waals surface area (Å²) in [7, 11) is 1.63. The SMILES string of the molecule is COc1cc(OC(=S)c2ccccc2C)ccc1-c1ccc2c(c1COC(=O)c1ccc(C)s1)C(C)=CC(C)(C)N2. The fourth-order valence-corrected chi connectivity index (χ4v) is 6.36. The van der Waals surface area contributed by atoms with E-state index in [1.54, 1.807) is 7.11 Å². The number of carbonyl (C=O) groups excluding carboxylic acids is 1. The van der Waals surface area contributed by atoms with Crippen molar-refractivity contribution in [2.24, 2.45) is 0 Å². The van der Waals surface area contributed by atoms with Crippen molar-refractivity contribution in [1.82, 2.24) is 0 Å². The molecule has 2 heterocycles. The van der Waals surface area contributed by atoms with E-state index in [1.165, 1.54) is 11.3 Å². The zero-order valence-corrected chi connectivity index (χ0v) is 25.7. The predicted molar refractivity (Wildman–Crippen MR) is 171 cm³/mol. The number of methoxy groups -OCH3 is 1. The molecule has 0 unspecified atom stereocenters. The van der Waals surface area contributed by atoms with Gasteiger partial charge in [0.05, 0.1) is 12.6 Å². The summed E-state index contributed by atoms with van der Waals surface area (Å²) in [6.07, 6.45) is 2.20. The molecule has 7 heteroatoms. The maximum absolute atomic E-state index is 12.9. The molecule has 5 nitrogen and oxygen atoms in total. The van der Waals surface area contributed by atoms with E-state index in [9.17, 15) is 4.79 Å². The lowest BCUT2D eigenvalue weighted by molar-refractivity contribution is 0.0479. The molecule has 4 aromatic rings. The number of aryl methyl sites for hydroxylation is 2. The summed E-state index contributed by atoms with van der Waals surface area (Å²) in [5.41, 5.74) is 7.55. The molecule has 0 spiro atoms. The van der Waals surface area contributed by atoms with Crippen LogP contribution in [0.4, 0.5) is 5.69 Å². The molecule has 41 heavy (non-hydrogen) atoms. The number of esters is 1. The van der Waals surface area contributed by atoms with Crippen molar-refractivity contribution in [3.63, 3.8) is 0 Å². The molecule has 0 fully saturated rings. The van der Waals surface area contributed by atoms with Crippen molar-refractivity contribution in [2.75, 3.05) is 12.4 Å². The van der Waals surface area contributed by atoms with E-state index in [-0.39, 0.29) is 18.1 Å². The number of anilines is 1. The Morgan fingerprint density at radius 3 is 2.44 bits per heavy atom. The van der Waals surface area contributed by atoms with Crippen molar-refractivity contribution in [3.8, 4) is 22.6 Å². The predicted octanol–water partition coefficient (Wildman–Crippen LogP) is 8.76. The van der Waals surface area contributed by atoms with E-state index in [1.807, 2.05) is 68.4 Å². The molecule has 210 valence electrons. The number of ether oxygens (including phenoxy) is 3. The molecule has 0 aliphatic carbocycles. The van der Waals surface area contributed by atoms with Crippen LogP contribution >= 0.6 is 23.6 Å². The fraction of sp³-hybridized carbons (Fsp3) is 0.235. The second-order valence-corrected chi connectivity index (χ2v) is 12.4. The van der Waals surface area contributed by atoms with Gasteiger partial charge in [0.2, 0.25) is 0 Å². The number of benzene rings is 3. The highest BCUT2D eigenvalue weighted by molar-refractivity contribution is 7.80. The molecule has 0 atom stereocenters. The summed E-state index contributed by atoms with van der Waals surface area (Å²) in [4.78, 5) is 14.6. The molecular weight excluding hydrogens is 551 g/mol. The van der Waals surface area contributed by atoms with Crippen LogP contribution in [0.15, 0.2) is 72.8 Å². The van der Waals surface area contributed by atoms with Crippen molar-refractivity contribution in [1.29, 1.82) is 0 Å². The standard InChI is InChI=1S/C34H33NO4S2/c1-20-9-7-8-10-24(20)33(40)39-23-12-13-26(29(17-23)37-6)25-14-15-28-31(21(2)18-34(4,5)35-28)27(25)19-38-32(36)30-16-11-22(3)41-30/h7-18,35H,19H2,1-6H3. The number of thiophene rings is 1. The Kier molecular flexibility index (Phi) is 8.02. The maximum atomic E-state index is 12.9. The third kappa shape index (κ3) is 6.06. The second kappa shape index (κ2) is 11.5. The quantitative estimate of drug-likeness (QED) is 0.173. The molecule has 0 saturated carbocycles. The lowest BCUT2D eigenvalue weighted by atomic mass is 9.85. The van der Waals surface area contributed by atoms with Gasteiger partial charge in [0.15, 0.2) is 5.05 Å². The first-order chi connectivity index (χ1) is 19.6. The van der Waals surface area contributed by atoms with Crippen LogP contribution in [0.3, 0.4) is 0 Å². The summed E-state index contributed by atoms with van der Waals surface area (Å²) in [6, 6.07) is 21.4. The van der Waals surface area contributed by atoms with Crippen LogP contribution in [0.2, 0.25) is 0 Å². The molecule has 1 aliphatic rings.